The van der Waals surface area contributed by atoms with Crippen molar-refractivity contribution in [3.8, 4) is 5.75 Å². The Labute approximate surface area is 154 Å². The highest BCUT2D eigenvalue weighted by atomic mass is 16.5. The Bertz CT molecular complexity index is 714. The van der Waals surface area contributed by atoms with Gasteiger partial charge in [-0.15, -0.1) is 0 Å². The van der Waals surface area contributed by atoms with Gasteiger partial charge >= 0.3 is 6.03 Å². The average molecular weight is 357 g/mol. The monoisotopic (exact) mass is 357 g/mol. The van der Waals surface area contributed by atoms with Crippen LogP contribution in [0.15, 0.2) is 30.4 Å². The molecule has 3 amide bonds. The van der Waals surface area contributed by atoms with E-state index in [0.29, 0.717) is 35.4 Å². The van der Waals surface area contributed by atoms with Gasteiger partial charge in [-0.3, -0.25) is 4.79 Å². The number of allylic oxidation sites excluding steroid dienone is 2. The molecule has 2 aliphatic carbocycles. The molecule has 2 bridgehead atoms. The number of benzene rings is 1. The van der Waals surface area contributed by atoms with E-state index in [9.17, 15) is 9.59 Å². The fourth-order valence-electron chi connectivity index (χ4n) is 3.97. The first-order valence-electron chi connectivity index (χ1n) is 9.10. The summed E-state index contributed by atoms with van der Waals surface area (Å²) in [7, 11) is 4.88. The maximum atomic E-state index is 12.3. The van der Waals surface area contributed by atoms with Crippen LogP contribution in [0.5, 0.6) is 5.75 Å². The first-order chi connectivity index (χ1) is 12.5. The number of amides is 3. The summed E-state index contributed by atoms with van der Waals surface area (Å²) in [5.74, 6) is 2.46. The Balaban J connectivity index is 1.53. The highest BCUT2D eigenvalue weighted by Crippen LogP contribution is 2.44. The summed E-state index contributed by atoms with van der Waals surface area (Å²) in [5, 5.41) is 5.71. The van der Waals surface area contributed by atoms with Gasteiger partial charge in [0, 0.05) is 26.3 Å². The van der Waals surface area contributed by atoms with Crippen LogP contribution in [-0.2, 0) is 0 Å². The molecule has 2 N–H and O–H groups in total. The van der Waals surface area contributed by atoms with Crippen molar-refractivity contribution in [1.82, 2.24) is 10.2 Å². The van der Waals surface area contributed by atoms with Crippen molar-refractivity contribution in [1.29, 1.82) is 0 Å². The van der Waals surface area contributed by atoms with Crippen LogP contribution in [0.2, 0.25) is 0 Å². The third-order valence-electron chi connectivity index (χ3n) is 5.31. The molecule has 3 atom stereocenters. The summed E-state index contributed by atoms with van der Waals surface area (Å²) in [6.45, 7) is 0.660. The fraction of sp³-hybridized carbons (Fsp3) is 0.500. The molecule has 0 saturated heterocycles. The Kier molecular flexibility index (Phi) is 5.49. The molecule has 1 aromatic carbocycles. The van der Waals surface area contributed by atoms with Crippen LogP contribution in [-0.4, -0.2) is 44.6 Å². The third-order valence-corrected chi connectivity index (χ3v) is 5.31. The molecule has 140 valence electrons. The second-order valence-electron chi connectivity index (χ2n) is 7.32. The van der Waals surface area contributed by atoms with Crippen molar-refractivity contribution in [2.45, 2.75) is 19.3 Å². The van der Waals surface area contributed by atoms with Gasteiger partial charge in [0.25, 0.3) is 5.91 Å². The van der Waals surface area contributed by atoms with Crippen molar-refractivity contribution in [3.05, 3.63) is 35.9 Å². The van der Waals surface area contributed by atoms with E-state index in [-0.39, 0.29) is 11.9 Å². The van der Waals surface area contributed by atoms with Crippen molar-refractivity contribution >= 4 is 17.6 Å². The highest BCUT2D eigenvalue weighted by molar-refractivity contribution is 5.99. The highest BCUT2D eigenvalue weighted by Gasteiger charge is 2.34. The summed E-state index contributed by atoms with van der Waals surface area (Å²) >= 11 is 0. The topological polar surface area (TPSA) is 70.7 Å². The summed E-state index contributed by atoms with van der Waals surface area (Å²) in [4.78, 5) is 25.9. The number of carbonyl (C=O) groups is 2. The van der Waals surface area contributed by atoms with Gasteiger partial charge in [-0.1, -0.05) is 12.2 Å². The molecule has 1 fully saturated rings. The molecule has 2 aliphatic rings. The molecule has 0 spiro atoms. The normalized spacial score (nSPS) is 23.0. The van der Waals surface area contributed by atoms with E-state index in [2.05, 4.69) is 22.8 Å². The van der Waals surface area contributed by atoms with Gasteiger partial charge in [-0.25, -0.2) is 4.79 Å². The number of carbonyl (C=O) groups excluding carboxylic acids is 2. The number of anilines is 1. The minimum absolute atomic E-state index is 0.171. The molecule has 0 radical (unpaired) electrons. The summed E-state index contributed by atoms with van der Waals surface area (Å²) in [6.07, 6.45) is 8.20. The van der Waals surface area contributed by atoms with Crippen molar-refractivity contribution < 1.29 is 14.3 Å². The second kappa shape index (κ2) is 7.81. The molecular formula is C20H27N3O3. The number of rotatable bonds is 6. The largest absolute Gasteiger partial charge is 0.496 e. The maximum Gasteiger partial charge on any atom is 0.319 e. The molecule has 0 unspecified atom stereocenters. The van der Waals surface area contributed by atoms with E-state index in [4.69, 9.17) is 4.74 Å². The Morgan fingerprint density at radius 1 is 1.23 bits per heavy atom. The van der Waals surface area contributed by atoms with Gasteiger partial charge in [0.05, 0.1) is 12.7 Å². The van der Waals surface area contributed by atoms with E-state index in [1.165, 1.54) is 24.9 Å². The lowest BCUT2D eigenvalue weighted by Gasteiger charge is -2.18. The molecule has 26 heavy (non-hydrogen) atoms. The lowest BCUT2D eigenvalue weighted by atomic mass is 9.91. The standard InChI is InChI=1S/C20H27N3O3/c1-23(2)19(24)17-12-16(6-7-18(17)26-3)22-20(25)21-9-8-15-11-13-4-5-14(15)10-13/h4-7,12-15H,8-11H2,1-3H3,(H2,21,22,25)/t13-,14+,15-/m1/s1. The molecule has 1 aromatic rings. The zero-order valence-corrected chi connectivity index (χ0v) is 15.6. The first-order valence-corrected chi connectivity index (χ1v) is 9.10. The third kappa shape index (κ3) is 4.00. The smallest absolute Gasteiger partial charge is 0.319 e. The molecular weight excluding hydrogens is 330 g/mol. The Morgan fingerprint density at radius 2 is 2.04 bits per heavy atom. The van der Waals surface area contributed by atoms with Gasteiger partial charge in [0.15, 0.2) is 0 Å². The van der Waals surface area contributed by atoms with Gasteiger partial charge in [-0.2, -0.15) is 0 Å². The molecule has 1 saturated carbocycles. The van der Waals surface area contributed by atoms with Crippen molar-refractivity contribution in [2.75, 3.05) is 33.1 Å². The van der Waals surface area contributed by atoms with Gasteiger partial charge in [-0.05, 0) is 55.2 Å². The number of hydrogen-bond acceptors (Lipinski definition) is 3. The number of hydrogen-bond donors (Lipinski definition) is 2. The van der Waals surface area contributed by atoms with E-state index >= 15 is 0 Å². The molecule has 6 nitrogen and oxygen atoms in total. The zero-order valence-electron chi connectivity index (χ0n) is 15.6. The van der Waals surface area contributed by atoms with E-state index in [1.54, 1.807) is 32.3 Å². The predicted molar refractivity (Wildman–Crippen MR) is 101 cm³/mol. The number of nitrogens with zero attached hydrogens (tertiary/aromatic N) is 1. The quantitative estimate of drug-likeness (QED) is 0.769. The van der Waals surface area contributed by atoms with E-state index in [0.717, 1.165) is 12.3 Å². The summed E-state index contributed by atoms with van der Waals surface area (Å²) < 4.78 is 5.24. The number of methoxy groups -OCH3 is 1. The molecule has 0 aliphatic heterocycles. The Hall–Kier alpha value is -2.50. The van der Waals surface area contributed by atoms with Crippen LogP contribution in [0.25, 0.3) is 0 Å². The van der Waals surface area contributed by atoms with Crippen molar-refractivity contribution in [3.63, 3.8) is 0 Å². The fourth-order valence-corrected chi connectivity index (χ4v) is 3.97. The molecule has 6 heteroatoms. The number of urea groups is 1. The SMILES string of the molecule is COc1ccc(NC(=O)NCC[C@@H]2C[C@@H]3C=C[C@H]2C3)cc1C(=O)N(C)C. The predicted octanol–water partition coefficient (Wildman–Crippen LogP) is 3.12. The number of fused-ring (bicyclic) bond motifs is 2. The lowest BCUT2D eigenvalue weighted by Crippen LogP contribution is -2.31. The summed E-state index contributed by atoms with van der Waals surface area (Å²) in [5.41, 5.74) is 0.987. The summed E-state index contributed by atoms with van der Waals surface area (Å²) in [6, 6.07) is 4.80. The minimum atomic E-state index is -0.253. The molecule has 0 aromatic heterocycles. The van der Waals surface area contributed by atoms with Crippen LogP contribution in [0, 0.1) is 17.8 Å². The Morgan fingerprint density at radius 3 is 2.65 bits per heavy atom. The van der Waals surface area contributed by atoms with Crippen LogP contribution < -0.4 is 15.4 Å². The van der Waals surface area contributed by atoms with Crippen LogP contribution in [0.1, 0.15) is 29.6 Å². The van der Waals surface area contributed by atoms with E-state index < -0.39 is 0 Å². The van der Waals surface area contributed by atoms with Crippen LogP contribution in [0.3, 0.4) is 0 Å². The lowest BCUT2D eigenvalue weighted by molar-refractivity contribution is 0.0824. The zero-order chi connectivity index (χ0) is 18.7. The second-order valence-corrected chi connectivity index (χ2v) is 7.32. The van der Waals surface area contributed by atoms with Gasteiger partial charge in [0.2, 0.25) is 0 Å². The molecule has 0 heterocycles. The average Bonchev–Trinajstić information content (AvgIpc) is 3.24. The van der Waals surface area contributed by atoms with Crippen LogP contribution in [0.4, 0.5) is 10.5 Å². The molecule has 3 rings (SSSR count). The maximum absolute atomic E-state index is 12.3. The number of ether oxygens (including phenoxy) is 1. The minimum Gasteiger partial charge on any atom is -0.496 e. The van der Waals surface area contributed by atoms with Crippen LogP contribution >= 0.6 is 0 Å². The van der Waals surface area contributed by atoms with Crippen molar-refractivity contribution in [2.24, 2.45) is 17.8 Å². The van der Waals surface area contributed by atoms with Gasteiger partial charge < -0.3 is 20.3 Å². The number of nitrogens with one attached hydrogen (secondary N) is 2. The van der Waals surface area contributed by atoms with Gasteiger partial charge in [0.1, 0.15) is 5.75 Å². The first kappa shape index (κ1) is 18.3. The van der Waals surface area contributed by atoms with E-state index in [1.807, 2.05) is 0 Å².